The molecular formula is C10H16BrNO. The molecule has 0 spiro atoms. The third kappa shape index (κ3) is 1.24. The Morgan fingerprint density at radius 3 is 2.62 bits per heavy atom. The average Bonchev–Trinajstić information content (AvgIpc) is 2.60. The van der Waals surface area contributed by atoms with Crippen molar-refractivity contribution in [1.82, 2.24) is 4.90 Å². The van der Waals surface area contributed by atoms with Crippen LogP contribution < -0.4 is 0 Å². The van der Waals surface area contributed by atoms with Crippen LogP contribution in [0.25, 0.3) is 0 Å². The van der Waals surface area contributed by atoms with E-state index >= 15 is 0 Å². The number of carbonyl (C=O) groups excluding carboxylic acids is 1. The molecule has 0 radical (unpaired) electrons. The van der Waals surface area contributed by atoms with Gasteiger partial charge in [-0.1, -0.05) is 15.9 Å². The Kier molecular flexibility index (Phi) is 2.17. The SMILES string of the molecule is CN(C)C(=O)[C@]12CC[C@@H](C[C@@H]1Br)C2. The summed E-state index contributed by atoms with van der Waals surface area (Å²) in [6.45, 7) is 0. The Morgan fingerprint density at radius 2 is 2.23 bits per heavy atom. The number of alkyl halides is 1. The quantitative estimate of drug-likeness (QED) is 0.648. The molecule has 0 aromatic rings. The molecule has 0 heterocycles. The van der Waals surface area contributed by atoms with E-state index in [2.05, 4.69) is 15.9 Å². The van der Waals surface area contributed by atoms with Crippen molar-refractivity contribution in [3.8, 4) is 0 Å². The van der Waals surface area contributed by atoms with Crippen molar-refractivity contribution in [2.24, 2.45) is 11.3 Å². The molecule has 0 aromatic heterocycles. The first-order chi connectivity index (χ1) is 6.06. The van der Waals surface area contributed by atoms with E-state index in [9.17, 15) is 4.79 Å². The van der Waals surface area contributed by atoms with Gasteiger partial charge in [-0.3, -0.25) is 4.79 Å². The minimum atomic E-state index is -0.0475. The Hall–Kier alpha value is -0.0500. The lowest BCUT2D eigenvalue weighted by molar-refractivity contribution is -0.138. The zero-order valence-electron chi connectivity index (χ0n) is 8.22. The summed E-state index contributed by atoms with van der Waals surface area (Å²) in [4.78, 5) is 14.2. The van der Waals surface area contributed by atoms with Gasteiger partial charge in [-0.15, -0.1) is 0 Å². The van der Waals surface area contributed by atoms with Gasteiger partial charge in [0.15, 0.2) is 0 Å². The van der Waals surface area contributed by atoms with E-state index < -0.39 is 0 Å². The summed E-state index contributed by atoms with van der Waals surface area (Å²) in [7, 11) is 3.73. The van der Waals surface area contributed by atoms with Gasteiger partial charge in [0.2, 0.25) is 5.91 Å². The highest BCUT2D eigenvalue weighted by Gasteiger charge is 2.56. The number of fused-ring (bicyclic) bond motifs is 2. The van der Waals surface area contributed by atoms with Crippen molar-refractivity contribution >= 4 is 21.8 Å². The summed E-state index contributed by atoms with van der Waals surface area (Å²) >= 11 is 3.67. The maximum Gasteiger partial charge on any atom is 0.229 e. The molecule has 2 aliphatic carbocycles. The van der Waals surface area contributed by atoms with Crippen molar-refractivity contribution in [3.63, 3.8) is 0 Å². The van der Waals surface area contributed by atoms with Gasteiger partial charge >= 0.3 is 0 Å². The summed E-state index contributed by atoms with van der Waals surface area (Å²) in [5.41, 5.74) is -0.0475. The first-order valence-electron chi connectivity index (χ1n) is 4.92. The zero-order valence-corrected chi connectivity index (χ0v) is 9.80. The van der Waals surface area contributed by atoms with E-state index in [-0.39, 0.29) is 5.41 Å². The van der Waals surface area contributed by atoms with Crippen molar-refractivity contribution in [3.05, 3.63) is 0 Å². The number of hydrogen-bond donors (Lipinski definition) is 0. The molecule has 3 heteroatoms. The van der Waals surface area contributed by atoms with Crippen LogP contribution >= 0.6 is 15.9 Å². The predicted octanol–water partition coefficient (Wildman–Crippen LogP) is 2.03. The highest BCUT2D eigenvalue weighted by Crippen LogP contribution is 2.57. The molecule has 13 heavy (non-hydrogen) atoms. The van der Waals surface area contributed by atoms with E-state index in [1.165, 1.54) is 12.8 Å². The van der Waals surface area contributed by atoms with Gasteiger partial charge in [0.1, 0.15) is 0 Å². The lowest BCUT2D eigenvalue weighted by Crippen LogP contribution is -2.42. The first-order valence-corrected chi connectivity index (χ1v) is 5.83. The van der Waals surface area contributed by atoms with Crippen LogP contribution in [0.2, 0.25) is 0 Å². The molecule has 0 aliphatic heterocycles. The standard InChI is InChI=1S/C10H16BrNO/c1-12(2)9(13)10-4-3-7(6-10)5-8(10)11/h7-8H,3-6H2,1-2H3/t7-,8-,10-/m0/s1. The summed E-state index contributed by atoms with van der Waals surface area (Å²) in [6.07, 6.45) is 4.64. The molecule has 2 nitrogen and oxygen atoms in total. The highest BCUT2D eigenvalue weighted by molar-refractivity contribution is 9.09. The molecular weight excluding hydrogens is 230 g/mol. The fraction of sp³-hybridized carbons (Fsp3) is 0.900. The van der Waals surface area contributed by atoms with Crippen LogP contribution in [0.5, 0.6) is 0 Å². The summed E-state index contributed by atoms with van der Waals surface area (Å²) in [5.74, 6) is 1.13. The normalized spacial score (nSPS) is 42.4. The van der Waals surface area contributed by atoms with Gasteiger partial charge in [0.05, 0.1) is 5.41 Å². The molecule has 3 atom stereocenters. The fourth-order valence-electron chi connectivity index (χ4n) is 2.96. The molecule has 0 saturated heterocycles. The van der Waals surface area contributed by atoms with Crippen molar-refractivity contribution in [1.29, 1.82) is 0 Å². The number of carbonyl (C=O) groups is 1. The second-order valence-electron chi connectivity index (χ2n) is 4.67. The lowest BCUT2D eigenvalue weighted by Gasteiger charge is -2.32. The largest absolute Gasteiger partial charge is 0.348 e. The second-order valence-corrected chi connectivity index (χ2v) is 5.77. The van der Waals surface area contributed by atoms with Crippen molar-refractivity contribution in [2.45, 2.75) is 30.5 Å². The van der Waals surface area contributed by atoms with Crippen LogP contribution in [0.15, 0.2) is 0 Å². The molecule has 2 bridgehead atoms. The predicted molar refractivity (Wildman–Crippen MR) is 55.8 cm³/mol. The number of nitrogens with zero attached hydrogens (tertiary/aromatic N) is 1. The molecule has 0 unspecified atom stereocenters. The summed E-state index contributed by atoms with van der Waals surface area (Å²) in [6, 6.07) is 0. The van der Waals surface area contributed by atoms with Gasteiger partial charge in [0.25, 0.3) is 0 Å². The third-order valence-corrected chi connectivity index (χ3v) is 4.87. The summed E-state index contributed by atoms with van der Waals surface area (Å²) < 4.78 is 0. The monoisotopic (exact) mass is 245 g/mol. The van der Waals surface area contributed by atoms with E-state index in [1.54, 1.807) is 4.90 Å². The molecule has 74 valence electrons. The van der Waals surface area contributed by atoms with E-state index in [1.807, 2.05) is 14.1 Å². The smallest absolute Gasteiger partial charge is 0.229 e. The van der Waals surface area contributed by atoms with Gasteiger partial charge in [-0.25, -0.2) is 0 Å². The minimum Gasteiger partial charge on any atom is -0.348 e. The second kappa shape index (κ2) is 2.97. The lowest BCUT2D eigenvalue weighted by atomic mass is 9.83. The molecule has 2 saturated carbocycles. The zero-order chi connectivity index (χ0) is 9.64. The Balaban J connectivity index is 2.24. The highest BCUT2D eigenvalue weighted by atomic mass is 79.9. The molecule has 2 rings (SSSR count). The number of rotatable bonds is 1. The molecule has 2 fully saturated rings. The van der Waals surface area contributed by atoms with E-state index in [0.717, 1.165) is 18.8 Å². The Bertz CT molecular complexity index is 241. The van der Waals surface area contributed by atoms with Gasteiger partial charge in [-0.2, -0.15) is 0 Å². The van der Waals surface area contributed by atoms with Crippen molar-refractivity contribution in [2.75, 3.05) is 14.1 Å². The molecule has 1 amide bonds. The van der Waals surface area contributed by atoms with Crippen LogP contribution in [0.3, 0.4) is 0 Å². The van der Waals surface area contributed by atoms with Crippen LogP contribution in [-0.2, 0) is 4.79 Å². The molecule has 0 N–H and O–H groups in total. The Morgan fingerprint density at radius 1 is 1.54 bits per heavy atom. The van der Waals surface area contributed by atoms with Crippen LogP contribution in [0, 0.1) is 11.3 Å². The molecule has 0 aromatic carbocycles. The van der Waals surface area contributed by atoms with Gasteiger partial charge in [-0.05, 0) is 31.6 Å². The first kappa shape index (κ1) is 9.50. The van der Waals surface area contributed by atoms with Crippen LogP contribution in [-0.4, -0.2) is 29.7 Å². The van der Waals surface area contributed by atoms with Crippen LogP contribution in [0.4, 0.5) is 0 Å². The topological polar surface area (TPSA) is 20.3 Å². The Labute approximate surface area is 87.8 Å². The van der Waals surface area contributed by atoms with Crippen molar-refractivity contribution < 1.29 is 4.79 Å². The van der Waals surface area contributed by atoms with Gasteiger partial charge in [0, 0.05) is 18.9 Å². The van der Waals surface area contributed by atoms with E-state index in [0.29, 0.717) is 10.7 Å². The van der Waals surface area contributed by atoms with E-state index in [4.69, 9.17) is 0 Å². The fourth-order valence-corrected chi connectivity index (χ4v) is 4.10. The molecule has 2 aliphatic rings. The third-order valence-electron chi connectivity index (χ3n) is 3.62. The maximum atomic E-state index is 12.0. The maximum absolute atomic E-state index is 12.0. The summed E-state index contributed by atoms with van der Waals surface area (Å²) in [5, 5.41) is 0. The van der Waals surface area contributed by atoms with Gasteiger partial charge < -0.3 is 4.90 Å². The number of halogens is 1. The number of hydrogen-bond acceptors (Lipinski definition) is 1. The minimum absolute atomic E-state index is 0.0475. The van der Waals surface area contributed by atoms with Crippen LogP contribution in [0.1, 0.15) is 25.7 Å². The average molecular weight is 246 g/mol. The number of amides is 1.